The van der Waals surface area contributed by atoms with Gasteiger partial charge in [-0.05, 0) is 66.1 Å². The zero-order chi connectivity index (χ0) is 22.3. The Balaban J connectivity index is 0.00000363. The summed E-state index contributed by atoms with van der Waals surface area (Å²) in [7, 11) is -2.04. The highest BCUT2D eigenvalue weighted by atomic mass is 35.5. The van der Waals surface area contributed by atoms with Crippen LogP contribution in [-0.4, -0.2) is 22.1 Å². The summed E-state index contributed by atoms with van der Waals surface area (Å²) < 4.78 is 34.0. The van der Waals surface area contributed by atoms with Gasteiger partial charge in [0.25, 0.3) is 0 Å². The Hall–Kier alpha value is -2.29. The Morgan fingerprint density at radius 1 is 0.906 bits per heavy atom. The molecular weight excluding hydrogens is 471 g/mol. The van der Waals surface area contributed by atoms with E-state index in [1.54, 1.807) is 19.2 Å². The Bertz CT molecular complexity index is 1110. The SMILES string of the molecule is COc1cc(CNCCc2ccc(S(N)(=O)=O)cc2)ccc1OCc1ccc(Cl)cc1.Cl. The van der Waals surface area contributed by atoms with Gasteiger partial charge >= 0.3 is 0 Å². The molecule has 0 unspecified atom stereocenters. The van der Waals surface area contributed by atoms with Gasteiger partial charge in [0.15, 0.2) is 11.5 Å². The van der Waals surface area contributed by atoms with Gasteiger partial charge in [0, 0.05) is 11.6 Å². The van der Waals surface area contributed by atoms with Crippen LogP contribution in [0, 0.1) is 0 Å². The zero-order valence-corrected chi connectivity index (χ0v) is 20.0. The average Bonchev–Trinajstić information content (AvgIpc) is 2.76. The van der Waals surface area contributed by atoms with Crippen LogP contribution in [0.4, 0.5) is 0 Å². The van der Waals surface area contributed by atoms with Gasteiger partial charge in [-0.15, -0.1) is 12.4 Å². The van der Waals surface area contributed by atoms with Crippen LogP contribution in [0.3, 0.4) is 0 Å². The van der Waals surface area contributed by atoms with Crippen molar-refractivity contribution in [3.63, 3.8) is 0 Å². The molecule has 0 heterocycles. The van der Waals surface area contributed by atoms with Crippen LogP contribution in [0.25, 0.3) is 0 Å². The van der Waals surface area contributed by atoms with Gasteiger partial charge in [-0.25, -0.2) is 13.6 Å². The number of benzene rings is 3. The molecule has 0 spiro atoms. The molecule has 6 nitrogen and oxygen atoms in total. The Labute approximate surface area is 200 Å². The molecular formula is C23H26Cl2N2O4S. The topological polar surface area (TPSA) is 90.6 Å². The van der Waals surface area contributed by atoms with Crippen molar-refractivity contribution in [2.45, 2.75) is 24.5 Å². The Morgan fingerprint density at radius 2 is 1.53 bits per heavy atom. The third kappa shape index (κ3) is 7.69. The van der Waals surface area contributed by atoms with E-state index < -0.39 is 10.0 Å². The maximum absolute atomic E-state index is 11.3. The molecule has 0 radical (unpaired) electrons. The van der Waals surface area contributed by atoms with E-state index >= 15 is 0 Å². The van der Waals surface area contributed by atoms with Gasteiger partial charge in [-0.3, -0.25) is 0 Å². The molecule has 172 valence electrons. The monoisotopic (exact) mass is 496 g/mol. The minimum absolute atomic E-state index is 0. The summed E-state index contributed by atoms with van der Waals surface area (Å²) in [4.78, 5) is 0.120. The lowest BCUT2D eigenvalue weighted by atomic mass is 10.1. The molecule has 0 atom stereocenters. The van der Waals surface area contributed by atoms with Crippen molar-refractivity contribution >= 4 is 34.0 Å². The number of sulfonamides is 1. The molecule has 3 aromatic carbocycles. The molecule has 0 amide bonds. The van der Waals surface area contributed by atoms with Crippen molar-refractivity contribution < 1.29 is 17.9 Å². The lowest BCUT2D eigenvalue weighted by molar-refractivity contribution is 0.284. The van der Waals surface area contributed by atoms with Crippen LogP contribution in [0.15, 0.2) is 71.6 Å². The number of rotatable bonds is 10. The van der Waals surface area contributed by atoms with Gasteiger partial charge in [-0.1, -0.05) is 41.9 Å². The highest BCUT2D eigenvalue weighted by molar-refractivity contribution is 7.89. The number of methoxy groups -OCH3 is 1. The smallest absolute Gasteiger partial charge is 0.238 e. The van der Waals surface area contributed by atoms with E-state index in [9.17, 15) is 8.42 Å². The number of nitrogens with one attached hydrogen (secondary N) is 1. The van der Waals surface area contributed by atoms with Crippen molar-refractivity contribution in [2.24, 2.45) is 5.14 Å². The molecule has 9 heteroatoms. The third-order valence-corrected chi connectivity index (χ3v) is 5.89. The predicted octanol–water partition coefficient (Wildman–Crippen LogP) is 4.33. The minimum Gasteiger partial charge on any atom is -0.493 e. The van der Waals surface area contributed by atoms with Gasteiger partial charge in [0.05, 0.1) is 12.0 Å². The molecule has 0 aliphatic heterocycles. The molecule has 0 aromatic heterocycles. The highest BCUT2D eigenvalue weighted by Crippen LogP contribution is 2.29. The van der Waals surface area contributed by atoms with Gasteiger partial charge < -0.3 is 14.8 Å². The van der Waals surface area contributed by atoms with E-state index in [-0.39, 0.29) is 17.3 Å². The van der Waals surface area contributed by atoms with E-state index in [0.29, 0.717) is 29.7 Å². The van der Waals surface area contributed by atoms with Crippen molar-refractivity contribution in [3.05, 3.63) is 88.4 Å². The van der Waals surface area contributed by atoms with Gasteiger partial charge in [0.2, 0.25) is 10.0 Å². The first-order chi connectivity index (χ1) is 14.8. The lowest BCUT2D eigenvalue weighted by Gasteiger charge is -2.13. The van der Waals surface area contributed by atoms with E-state index in [1.165, 1.54) is 12.1 Å². The molecule has 0 aliphatic carbocycles. The average molecular weight is 497 g/mol. The summed E-state index contributed by atoms with van der Waals surface area (Å²) in [6.45, 7) is 1.84. The van der Waals surface area contributed by atoms with Crippen LogP contribution in [-0.2, 0) is 29.6 Å². The normalized spacial score (nSPS) is 11.0. The van der Waals surface area contributed by atoms with Crippen molar-refractivity contribution in [2.75, 3.05) is 13.7 Å². The standard InChI is InChI=1S/C23H25ClN2O4S.ClH/c1-29-23-14-19(6-11-22(23)30-16-18-2-7-20(24)8-3-18)15-26-13-12-17-4-9-21(10-5-17)31(25,27)28;/h2-11,14,26H,12-13,15-16H2,1H3,(H2,25,27,28);1H. The molecule has 0 saturated carbocycles. The summed E-state index contributed by atoms with van der Waals surface area (Å²) in [5.41, 5.74) is 3.12. The van der Waals surface area contributed by atoms with Gasteiger partial charge in [-0.2, -0.15) is 0 Å². The predicted molar refractivity (Wildman–Crippen MR) is 129 cm³/mol. The molecule has 32 heavy (non-hydrogen) atoms. The summed E-state index contributed by atoms with van der Waals surface area (Å²) in [5, 5.41) is 9.19. The minimum atomic E-state index is -3.66. The fourth-order valence-electron chi connectivity index (χ4n) is 2.99. The van der Waals surface area contributed by atoms with Gasteiger partial charge in [0.1, 0.15) is 6.61 Å². The second-order valence-electron chi connectivity index (χ2n) is 7.02. The van der Waals surface area contributed by atoms with Crippen LogP contribution in [0.2, 0.25) is 5.02 Å². The second kappa shape index (κ2) is 12.1. The largest absolute Gasteiger partial charge is 0.493 e. The van der Waals surface area contributed by atoms with E-state index in [1.807, 2.05) is 42.5 Å². The van der Waals surface area contributed by atoms with Crippen molar-refractivity contribution in [3.8, 4) is 11.5 Å². The molecule has 3 aromatic rings. The highest BCUT2D eigenvalue weighted by Gasteiger charge is 2.08. The first kappa shape index (κ1) is 26.0. The lowest BCUT2D eigenvalue weighted by Crippen LogP contribution is -2.17. The number of hydrogen-bond donors (Lipinski definition) is 2. The maximum Gasteiger partial charge on any atom is 0.238 e. The molecule has 0 fully saturated rings. The second-order valence-corrected chi connectivity index (χ2v) is 9.01. The number of halogens is 2. The summed E-state index contributed by atoms with van der Waals surface area (Å²) >= 11 is 5.91. The zero-order valence-electron chi connectivity index (χ0n) is 17.6. The number of hydrogen-bond acceptors (Lipinski definition) is 5. The van der Waals surface area contributed by atoms with E-state index in [2.05, 4.69) is 5.32 Å². The summed E-state index contributed by atoms with van der Waals surface area (Å²) in [6.07, 6.45) is 0.768. The first-order valence-corrected chi connectivity index (χ1v) is 11.6. The first-order valence-electron chi connectivity index (χ1n) is 9.72. The van der Waals surface area contributed by atoms with Crippen LogP contribution in [0.5, 0.6) is 11.5 Å². The molecule has 0 bridgehead atoms. The van der Waals surface area contributed by atoms with E-state index in [0.717, 1.165) is 29.7 Å². The quantitative estimate of drug-likeness (QED) is 0.407. The van der Waals surface area contributed by atoms with Crippen molar-refractivity contribution in [1.82, 2.24) is 5.32 Å². The summed E-state index contributed by atoms with van der Waals surface area (Å²) in [6, 6.07) is 20.0. The third-order valence-electron chi connectivity index (χ3n) is 4.71. The molecule has 3 rings (SSSR count). The van der Waals surface area contributed by atoms with Crippen LogP contribution < -0.4 is 19.9 Å². The molecule has 0 saturated heterocycles. The molecule has 3 N–H and O–H groups in total. The molecule has 0 aliphatic rings. The fraction of sp³-hybridized carbons (Fsp3) is 0.217. The van der Waals surface area contributed by atoms with E-state index in [4.69, 9.17) is 26.2 Å². The van der Waals surface area contributed by atoms with Crippen LogP contribution in [0.1, 0.15) is 16.7 Å². The maximum atomic E-state index is 11.3. The van der Waals surface area contributed by atoms with Crippen molar-refractivity contribution in [1.29, 1.82) is 0 Å². The Kier molecular flexibility index (Phi) is 9.81. The number of ether oxygens (including phenoxy) is 2. The number of nitrogens with two attached hydrogens (primary N) is 1. The fourth-order valence-corrected chi connectivity index (χ4v) is 3.64. The van der Waals surface area contributed by atoms with Crippen LogP contribution >= 0.6 is 24.0 Å². The summed E-state index contributed by atoms with van der Waals surface area (Å²) in [5.74, 6) is 1.35. The number of primary sulfonamides is 1. The Morgan fingerprint density at radius 3 is 2.16 bits per heavy atom.